The van der Waals surface area contributed by atoms with E-state index in [1.165, 1.54) is 0 Å². The monoisotopic (exact) mass is 322 g/mol. The Labute approximate surface area is 127 Å². The highest BCUT2D eigenvalue weighted by Crippen LogP contribution is 2.51. The maximum absolute atomic E-state index is 13.5. The van der Waals surface area contributed by atoms with Gasteiger partial charge in [0, 0.05) is 5.71 Å². The number of hydrazone groups is 1. The molecule has 22 heavy (non-hydrogen) atoms. The van der Waals surface area contributed by atoms with Gasteiger partial charge in [-0.25, -0.2) is 4.79 Å². The molecule has 1 amide bonds. The average Bonchev–Trinajstić information content (AvgIpc) is 2.71. The van der Waals surface area contributed by atoms with E-state index in [-0.39, 0.29) is 28.5 Å². The number of hydrogen-bond donors (Lipinski definition) is 1. The number of halogens is 3. The van der Waals surface area contributed by atoms with Gasteiger partial charge in [0.05, 0.1) is 13.0 Å². The molecule has 0 unspecified atom stereocenters. The zero-order chi connectivity index (χ0) is 16.9. The minimum atomic E-state index is -5.02. The van der Waals surface area contributed by atoms with Crippen molar-refractivity contribution in [2.24, 2.45) is 22.4 Å². The number of ether oxygens (including phenoxy) is 1. The number of aliphatic hydroxyl groups is 1. The predicted molar refractivity (Wildman–Crippen MR) is 73.0 cm³/mol. The molecule has 8 heteroatoms. The fourth-order valence-electron chi connectivity index (χ4n) is 3.27. The van der Waals surface area contributed by atoms with E-state index in [9.17, 15) is 23.1 Å². The van der Waals surface area contributed by atoms with E-state index in [0.717, 1.165) is 7.11 Å². The second-order valence-electron chi connectivity index (χ2n) is 6.99. The van der Waals surface area contributed by atoms with Crippen LogP contribution in [0.4, 0.5) is 18.0 Å². The molecule has 2 aliphatic rings. The highest BCUT2D eigenvalue weighted by Gasteiger charge is 2.69. The molecular formula is C14H21F3N2O3. The second kappa shape index (κ2) is 5.11. The molecule has 1 fully saturated rings. The number of hydrogen-bond acceptors (Lipinski definition) is 4. The summed E-state index contributed by atoms with van der Waals surface area (Å²) in [6.45, 7) is 5.87. The first-order valence-electron chi connectivity index (χ1n) is 7.17. The van der Waals surface area contributed by atoms with Crippen molar-refractivity contribution in [3.8, 4) is 0 Å². The lowest BCUT2D eigenvalue weighted by molar-refractivity contribution is -0.316. The maximum Gasteiger partial charge on any atom is 0.439 e. The lowest BCUT2D eigenvalue weighted by atomic mass is 9.66. The van der Waals surface area contributed by atoms with E-state index in [0.29, 0.717) is 12.8 Å². The Kier molecular flexibility index (Phi) is 3.96. The van der Waals surface area contributed by atoms with E-state index in [1.54, 1.807) is 0 Å². The van der Waals surface area contributed by atoms with Gasteiger partial charge in [0.25, 0.3) is 5.72 Å². The van der Waals surface area contributed by atoms with Crippen LogP contribution >= 0.6 is 0 Å². The number of carbonyl (C=O) groups is 1. The van der Waals surface area contributed by atoms with Crippen LogP contribution in [0.3, 0.4) is 0 Å². The first-order valence-corrected chi connectivity index (χ1v) is 7.17. The third-order valence-electron chi connectivity index (χ3n) is 4.70. The number of rotatable bonds is 0. The summed E-state index contributed by atoms with van der Waals surface area (Å²) in [5.74, 6) is -1.24. The molecule has 0 aromatic heterocycles. The fraction of sp³-hybridized carbons (Fsp3) is 0.857. The second-order valence-corrected chi connectivity index (χ2v) is 6.99. The highest BCUT2D eigenvalue weighted by molar-refractivity contribution is 5.92. The topological polar surface area (TPSA) is 62.1 Å². The van der Waals surface area contributed by atoms with Crippen molar-refractivity contribution in [1.82, 2.24) is 5.01 Å². The van der Waals surface area contributed by atoms with Crippen LogP contribution in [-0.4, -0.2) is 40.9 Å². The van der Waals surface area contributed by atoms with Gasteiger partial charge in [0.1, 0.15) is 0 Å². The van der Waals surface area contributed by atoms with E-state index < -0.39 is 23.9 Å². The maximum atomic E-state index is 13.5. The van der Waals surface area contributed by atoms with Crippen molar-refractivity contribution in [2.75, 3.05) is 7.11 Å². The molecule has 1 saturated carbocycles. The summed E-state index contributed by atoms with van der Waals surface area (Å²) in [7, 11) is 0.958. The molecule has 1 aliphatic carbocycles. The molecule has 1 aliphatic heterocycles. The van der Waals surface area contributed by atoms with E-state index in [1.807, 2.05) is 20.8 Å². The van der Waals surface area contributed by atoms with Crippen LogP contribution in [0.25, 0.3) is 0 Å². The molecule has 126 valence electrons. The molecule has 1 heterocycles. The first-order chi connectivity index (χ1) is 9.92. The summed E-state index contributed by atoms with van der Waals surface area (Å²) in [4.78, 5) is 11.6. The lowest BCUT2D eigenvalue weighted by Crippen LogP contribution is -2.62. The van der Waals surface area contributed by atoms with Crippen LogP contribution < -0.4 is 0 Å². The molecule has 0 aromatic rings. The molecule has 2 rings (SSSR count). The van der Waals surface area contributed by atoms with Crippen LogP contribution in [0, 0.1) is 17.3 Å². The fourth-order valence-corrected chi connectivity index (χ4v) is 3.27. The third-order valence-corrected chi connectivity index (χ3v) is 4.70. The number of alkyl halides is 3. The van der Waals surface area contributed by atoms with Gasteiger partial charge in [0.2, 0.25) is 0 Å². The van der Waals surface area contributed by atoms with Gasteiger partial charge < -0.3 is 9.84 Å². The predicted octanol–water partition coefficient (Wildman–Crippen LogP) is 3.14. The van der Waals surface area contributed by atoms with Crippen LogP contribution in [0.5, 0.6) is 0 Å². The van der Waals surface area contributed by atoms with Crippen molar-refractivity contribution in [3.05, 3.63) is 0 Å². The largest absolute Gasteiger partial charge is 0.451 e. The number of carbonyl (C=O) groups excluding carboxylic acids is 1. The summed E-state index contributed by atoms with van der Waals surface area (Å²) >= 11 is 0. The lowest BCUT2D eigenvalue weighted by Gasteiger charge is -2.42. The van der Waals surface area contributed by atoms with E-state index in [4.69, 9.17) is 0 Å². The molecule has 0 bridgehead atoms. The molecule has 5 nitrogen and oxygen atoms in total. The van der Waals surface area contributed by atoms with Crippen LogP contribution in [0.1, 0.15) is 40.0 Å². The van der Waals surface area contributed by atoms with Gasteiger partial charge in [-0.3, -0.25) is 0 Å². The Morgan fingerprint density at radius 3 is 2.45 bits per heavy atom. The minimum absolute atomic E-state index is 0.00271. The van der Waals surface area contributed by atoms with Gasteiger partial charge in [-0.05, 0) is 30.6 Å². The molecule has 3 atom stereocenters. The number of fused-ring (bicyclic) bond motifs is 1. The van der Waals surface area contributed by atoms with Gasteiger partial charge in [-0.2, -0.15) is 23.3 Å². The standard InChI is InChI=1S/C14H21F3N2O3/c1-12(2,3)8-5-6-10-9(7-8)13(21,14(15,16)17)19(18-10)11(20)22-4/h8-9,21H,5-7H2,1-4H3/t8-,9-,13+/m0/s1. The van der Waals surface area contributed by atoms with Gasteiger partial charge in [-0.15, -0.1) is 0 Å². The quantitative estimate of drug-likeness (QED) is 0.745. The Balaban J connectivity index is 2.42. The van der Waals surface area contributed by atoms with Crippen molar-refractivity contribution in [3.63, 3.8) is 0 Å². The first kappa shape index (κ1) is 17.1. The van der Waals surface area contributed by atoms with Gasteiger partial charge in [-0.1, -0.05) is 20.8 Å². The smallest absolute Gasteiger partial charge is 0.439 e. The van der Waals surface area contributed by atoms with Crippen LogP contribution in [-0.2, 0) is 4.74 Å². The van der Waals surface area contributed by atoms with E-state index >= 15 is 0 Å². The molecule has 0 radical (unpaired) electrons. The summed E-state index contributed by atoms with van der Waals surface area (Å²) in [6, 6.07) is 0. The third kappa shape index (κ3) is 2.47. The van der Waals surface area contributed by atoms with Crippen LogP contribution in [0.2, 0.25) is 0 Å². The van der Waals surface area contributed by atoms with Crippen molar-refractivity contribution < 1.29 is 27.8 Å². The summed E-state index contributed by atoms with van der Waals surface area (Å²) < 4.78 is 44.9. The summed E-state index contributed by atoms with van der Waals surface area (Å²) in [5, 5.41) is 14.1. The zero-order valence-electron chi connectivity index (χ0n) is 13.1. The molecule has 0 spiro atoms. The van der Waals surface area contributed by atoms with Crippen molar-refractivity contribution >= 4 is 11.8 Å². The Morgan fingerprint density at radius 2 is 2.00 bits per heavy atom. The number of amides is 1. The van der Waals surface area contributed by atoms with Gasteiger partial charge in [0.15, 0.2) is 0 Å². The molecule has 1 N–H and O–H groups in total. The number of methoxy groups -OCH3 is 1. The highest BCUT2D eigenvalue weighted by atomic mass is 19.4. The minimum Gasteiger partial charge on any atom is -0.451 e. The average molecular weight is 322 g/mol. The molecule has 0 aromatic carbocycles. The Hall–Kier alpha value is -1.31. The Morgan fingerprint density at radius 1 is 1.41 bits per heavy atom. The summed E-state index contributed by atoms with van der Waals surface area (Å²) in [6.07, 6.45) is -5.18. The normalized spacial score (nSPS) is 32.5. The SMILES string of the molecule is COC(=O)N1N=C2CC[C@H](C(C)(C)C)C[C@@H]2[C@@]1(O)C(F)(F)F. The zero-order valence-corrected chi connectivity index (χ0v) is 13.1. The summed E-state index contributed by atoms with van der Waals surface area (Å²) in [5.41, 5.74) is -3.30. The molecule has 0 saturated heterocycles. The van der Waals surface area contributed by atoms with Crippen molar-refractivity contribution in [2.45, 2.75) is 51.9 Å². The number of nitrogens with zero attached hydrogens (tertiary/aromatic N) is 2. The van der Waals surface area contributed by atoms with Crippen molar-refractivity contribution in [1.29, 1.82) is 0 Å². The van der Waals surface area contributed by atoms with E-state index in [2.05, 4.69) is 9.84 Å². The van der Waals surface area contributed by atoms with Crippen LogP contribution in [0.15, 0.2) is 5.10 Å². The molecular weight excluding hydrogens is 301 g/mol. The Bertz CT molecular complexity index is 499. The van der Waals surface area contributed by atoms with Gasteiger partial charge >= 0.3 is 12.3 Å².